The van der Waals surface area contributed by atoms with Crippen molar-refractivity contribution in [2.24, 2.45) is 5.73 Å². The van der Waals surface area contributed by atoms with Crippen molar-refractivity contribution < 1.29 is 4.79 Å². The van der Waals surface area contributed by atoms with Crippen LogP contribution in [-0.2, 0) is 0 Å². The molecule has 1 aliphatic rings. The second-order valence-electron chi connectivity index (χ2n) is 4.59. The number of rotatable bonds is 3. The first-order chi connectivity index (χ1) is 9.08. The fourth-order valence-electron chi connectivity index (χ4n) is 2.14. The molecule has 6 heteroatoms. The van der Waals surface area contributed by atoms with E-state index >= 15 is 0 Å². The number of aromatic nitrogens is 2. The lowest BCUT2D eigenvalue weighted by Crippen LogP contribution is -2.13. The highest BCUT2D eigenvalue weighted by Crippen LogP contribution is 2.43. The maximum absolute atomic E-state index is 11.5. The molecule has 0 atom stereocenters. The molecule has 1 aromatic carbocycles. The van der Waals surface area contributed by atoms with Crippen LogP contribution in [0.5, 0.6) is 0 Å². The van der Waals surface area contributed by atoms with Crippen molar-refractivity contribution in [3.63, 3.8) is 0 Å². The van der Waals surface area contributed by atoms with Gasteiger partial charge in [0.2, 0.25) is 0 Å². The zero-order valence-corrected chi connectivity index (χ0v) is 11.4. The zero-order chi connectivity index (χ0) is 13.6. The number of primary amides is 1. The number of halogens is 2. The standard InChI is InChI=1S/C13H11Cl2N3O/c14-8-3-4-11(10(15)5-8)18-12(7-1-2-7)9(6-17-18)13(16)19/h3-7H,1-2H2,(H2,16,19). The van der Waals surface area contributed by atoms with Gasteiger partial charge in [-0.05, 0) is 31.0 Å². The third kappa shape index (κ3) is 2.22. The predicted molar refractivity (Wildman–Crippen MR) is 74.1 cm³/mol. The Bertz CT molecular complexity index is 662. The number of nitrogens with zero attached hydrogens (tertiary/aromatic N) is 2. The number of hydrogen-bond acceptors (Lipinski definition) is 2. The lowest BCUT2D eigenvalue weighted by molar-refractivity contribution is 0.0999. The first-order valence-corrected chi connectivity index (χ1v) is 6.66. The van der Waals surface area contributed by atoms with Gasteiger partial charge >= 0.3 is 0 Å². The molecule has 1 aromatic heterocycles. The molecule has 0 radical (unpaired) electrons. The number of hydrogen-bond donors (Lipinski definition) is 1. The van der Waals surface area contributed by atoms with Gasteiger partial charge in [-0.2, -0.15) is 5.10 Å². The lowest BCUT2D eigenvalue weighted by Gasteiger charge is -2.09. The molecule has 0 spiro atoms. The number of amides is 1. The van der Waals surface area contributed by atoms with Gasteiger partial charge in [0.25, 0.3) is 5.91 Å². The van der Waals surface area contributed by atoms with Gasteiger partial charge in [0.05, 0.1) is 28.2 Å². The molecule has 98 valence electrons. The molecule has 2 N–H and O–H groups in total. The maximum Gasteiger partial charge on any atom is 0.252 e. The van der Waals surface area contributed by atoms with Crippen molar-refractivity contribution in [1.29, 1.82) is 0 Å². The van der Waals surface area contributed by atoms with Crippen molar-refractivity contribution in [3.8, 4) is 5.69 Å². The highest BCUT2D eigenvalue weighted by molar-refractivity contribution is 6.35. The minimum Gasteiger partial charge on any atom is -0.365 e. The summed E-state index contributed by atoms with van der Waals surface area (Å²) in [5.74, 6) is -0.130. The molecule has 3 rings (SSSR count). The molecule has 0 saturated heterocycles. The summed E-state index contributed by atoms with van der Waals surface area (Å²) in [6.07, 6.45) is 3.58. The van der Waals surface area contributed by atoms with E-state index in [-0.39, 0.29) is 0 Å². The van der Waals surface area contributed by atoms with Gasteiger partial charge in [-0.3, -0.25) is 4.79 Å². The van der Waals surface area contributed by atoms with Crippen LogP contribution >= 0.6 is 23.2 Å². The molecule has 19 heavy (non-hydrogen) atoms. The first-order valence-electron chi connectivity index (χ1n) is 5.91. The van der Waals surface area contributed by atoms with E-state index in [1.807, 2.05) is 0 Å². The average Bonchev–Trinajstić information content (AvgIpc) is 3.08. The second-order valence-corrected chi connectivity index (χ2v) is 5.43. The Morgan fingerprint density at radius 2 is 2.11 bits per heavy atom. The number of carbonyl (C=O) groups excluding carboxylic acids is 1. The summed E-state index contributed by atoms with van der Waals surface area (Å²) in [5.41, 5.74) is 7.41. The fourth-order valence-corrected chi connectivity index (χ4v) is 2.63. The first kappa shape index (κ1) is 12.5. The number of carbonyl (C=O) groups is 1. The lowest BCUT2D eigenvalue weighted by atomic mass is 10.1. The van der Waals surface area contributed by atoms with Gasteiger partial charge in [0, 0.05) is 10.9 Å². The number of benzene rings is 1. The Morgan fingerprint density at radius 1 is 1.37 bits per heavy atom. The Labute approximate surface area is 120 Å². The van der Waals surface area contributed by atoms with Gasteiger partial charge in [0.1, 0.15) is 0 Å². The second kappa shape index (κ2) is 4.54. The highest BCUT2D eigenvalue weighted by atomic mass is 35.5. The Kier molecular flexibility index (Phi) is 2.99. The van der Waals surface area contributed by atoms with Crippen LogP contribution in [0, 0.1) is 0 Å². The third-order valence-electron chi connectivity index (χ3n) is 3.17. The molecule has 1 heterocycles. The van der Waals surface area contributed by atoms with Crippen molar-refractivity contribution in [3.05, 3.63) is 45.7 Å². The highest BCUT2D eigenvalue weighted by Gasteiger charge is 2.32. The summed E-state index contributed by atoms with van der Waals surface area (Å²) in [6, 6.07) is 5.18. The van der Waals surface area contributed by atoms with Crippen molar-refractivity contribution in [2.45, 2.75) is 18.8 Å². The Hall–Kier alpha value is -1.52. The van der Waals surface area contributed by atoms with E-state index in [0.717, 1.165) is 18.5 Å². The largest absolute Gasteiger partial charge is 0.365 e. The molecule has 1 fully saturated rings. The van der Waals surface area contributed by atoms with Crippen LogP contribution in [0.25, 0.3) is 5.69 Å². The van der Waals surface area contributed by atoms with Crippen LogP contribution in [0.2, 0.25) is 10.0 Å². The summed E-state index contributed by atoms with van der Waals surface area (Å²) in [7, 11) is 0. The van der Waals surface area contributed by atoms with Gasteiger partial charge in [-0.25, -0.2) is 4.68 Å². The summed E-state index contributed by atoms with van der Waals surface area (Å²) in [5, 5.41) is 5.30. The van der Waals surface area contributed by atoms with Gasteiger partial charge in [-0.15, -0.1) is 0 Å². The summed E-state index contributed by atoms with van der Waals surface area (Å²) >= 11 is 12.1. The SMILES string of the molecule is NC(=O)c1cnn(-c2ccc(Cl)cc2Cl)c1C1CC1. The molecule has 1 aliphatic carbocycles. The van der Waals surface area contributed by atoms with Gasteiger partial charge in [-0.1, -0.05) is 23.2 Å². The summed E-state index contributed by atoms with van der Waals surface area (Å²) < 4.78 is 1.69. The zero-order valence-electron chi connectivity index (χ0n) is 9.94. The molecule has 1 amide bonds. The van der Waals surface area contributed by atoms with E-state index in [0.29, 0.717) is 27.2 Å². The monoisotopic (exact) mass is 295 g/mol. The van der Waals surface area contributed by atoms with Crippen LogP contribution < -0.4 is 5.73 Å². The van der Waals surface area contributed by atoms with Gasteiger partial charge in [0.15, 0.2) is 0 Å². The molecule has 0 unspecified atom stereocenters. The van der Waals surface area contributed by atoms with E-state index in [2.05, 4.69) is 5.10 Å². The molecule has 0 bridgehead atoms. The third-order valence-corrected chi connectivity index (χ3v) is 3.71. The van der Waals surface area contributed by atoms with Crippen molar-refractivity contribution >= 4 is 29.1 Å². The molecule has 2 aromatic rings. The van der Waals surface area contributed by atoms with E-state index in [1.54, 1.807) is 22.9 Å². The topological polar surface area (TPSA) is 60.9 Å². The van der Waals surface area contributed by atoms with Crippen LogP contribution in [0.3, 0.4) is 0 Å². The molecular formula is C13H11Cl2N3O. The smallest absolute Gasteiger partial charge is 0.252 e. The minimum atomic E-state index is -0.460. The molecular weight excluding hydrogens is 285 g/mol. The van der Waals surface area contributed by atoms with E-state index in [9.17, 15) is 4.79 Å². The molecule has 0 aliphatic heterocycles. The normalized spacial score (nSPS) is 14.6. The van der Waals surface area contributed by atoms with Crippen LogP contribution in [0.15, 0.2) is 24.4 Å². The molecule has 1 saturated carbocycles. The van der Waals surface area contributed by atoms with E-state index in [1.165, 1.54) is 6.20 Å². The maximum atomic E-state index is 11.5. The number of nitrogens with two attached hydrogens (primary N) is 1. The minimum absolute atomic E-state index is 0.330. The van der Waals surface area contributed by atoms with Gasteiger partial charge < -0.3 is 5.73 Å². The van der Waals surface area contributed by atoms with Crippen LogP contribution in [-0.4, -0.2) is 15.7 Å². The van der Waals surface area contributed by atoms with Crippen LogP contribution in [0.4, 0.5) is 0 Å². The van der Waals surface area contributed by atoms with Crippen molar-refractivity contribution in [1.82, 2.24) is 9.78 Å². The fraction of sp³-hybridized carbons (Fsp3) is 0.231. The van der Waals surface area contributed by atoms with E-state index in [4.69, 9.17) is 28.9 Å². The van der Waals surface area contributed by atoms with Crippen LogP contribution in [0.1, 0.15) is 34.8 Å². The van der Waals surface area contributed by atoms with Crippen molar-refractivity contribution in [2.75, 3.05) is 0 Å². The Morgan fingerprint density at radius 3 is 2.68 bits per heavy atom. The van der Waals surface area contributed by atoms with E-state index < -0.39 is 5.91 Å². The predicted octanol–water partition coefficient (Wildman–Crippen LogP) is 3.16. The summed E-state index contributed by atoms with van der Waals surface area (Å²) in [4.78, 5) is 11.5. The Balaban J connectivity index is 2.17. The average molecular weight is 296 g/mol. The summed E-state index contributed by atoms with van der Waals surface area (Å²) in [6.45, 7) is 0. The molecule has 4 nitrogen and oxygen atoms in total. The quantitative estimate of drug-likeness (QED) is 0.945.